The van der Waals surface area contributed by atoms with E-state index in [1.165, 1.54) is 0 Å². The predicted octanol–water partition coefficient (Wildman–Crippen LogP) is 1.88. The predicted molar refractivity (Wildman–Crippen MR) is 63.3 cm³/mol. The molecule has 0 amide bonds. The van der Waals surface area contributed by atoms with E-state index in [0.717, 1.165) is 18.9 Å². The highest BCUT2D eigenvalue weighted by molar-refractivity contribution is 6.29. The molecule has 0 aromatic carbocycles. The van der Waals surface area contributed by atoms with Gasteiger partial charge in [-0.25, -0.2) is 0 Å². The van der Waals surface area contributed by atoms with Gasteiger partial charge in [-0.1, -0.05) is 11.6 Å². The second kappa shape index (κ2) is 5.88. The number of nitrogens with zero attached hydrogens (tertiary/aromatic N) is 3. The zero-order valence-electron chi connectivity index (χ0n) is 9.37. The quantitative estimate of drug-likeness (QED) is 0.836. The molecule has 15 heavy (non-hydrogen) atoms. The smallest absolute Gasteiger partial charge is 0.151 e. The van der Waals surface area contributed by atoms with Crippen LogP contribution in [0.25, 0.3) is 0 Å². The Morgan fingerprint density at radius 3 is 2.67 bits per heavy atom. The van der Waals surface area contributed by atoms with Crippen LogP contribution >= 0.6 is 11.6 Å². The number of rotatable bonds is 5. The number of aromatic nitrogens is 2. The van der Waals surface area contributed by atoms with Gasteiger partial charge in [-0.2, -0.15) is 0 Å². The third kappa shape index (κ3) is 4.44. The Morgan fingerprint density at radius 1 is 1.40 bits per heavy atom. The molecule has 0 fully saturated rings. The first kappa shape index (κ1) is 12.2. The summed E-state index contributed by atoms with van der Waals surface area (Å²) in [4.78, 5) is 2.26. The fourth-order valence-corrected chi connectivity index (χ4v) is 1.13. The summed E-state index contributed by atoms with van der Waals surface area (Å²) in [6.45, 7) is 6.16. The van der Waals surface area contributed by atoms with E-state index in [9.17, 15) is 0 Å². The van der Waals surface area contributed by atoms with Crippen LogP contribution in [0, 0.1) is 0 Å². The summed E-state index contributed by atoms with van der Waals surface area (Å²) in [6.07, 6.45) is 0. The van der Waals surface area contributed by atoms with Crippen molar-refractivity contribution >= 4 is 17.4 Å². The summed E-state index contributed by atoms with van der Waals surface area (Å²) in [5.74, 6) is 0.761. The first-order valence-corrected chi connectivity index (χ1v) is 5.40. The molecular weight excluding hydrogens is 212 g/mol. The zero-order valence-corrected chi connectivity index (χ0v) is 10.1. The van der Waals surface area contributed by atoms with Crippen LogP contribution in [0.5, 0.6) is 0 Å². The molecule has 0 spiro atoms. The summed E-state index contributed by atoms with van der Waals surface area (Å²) in [6, 6.07) is 4.11. The van der Waals surface area contributed by atoms with Crippen LogP contribution in [0.3, 0.4) is 0 Å². The van der Waals surface area contributed by atoms with E-state index in [2.05, 4.69) is 41.3 Å². The second-order valence-electron chi connectivity index (χ2n) is 3.74. The Morgan fingerprint density at radius 2 is 2.13 bits per heavy atom. The molecule has 1 aromatic rings. The first-order chi connectivity index (χ1) is 7.09. The lowest BCUT2D eigenvalue weighted by Crippen LogP contribution is -2.31. The minimum absolute atomic E-state index is 0.417. The normalized spacial score (nSPS) is 11.1. The van der Waals surface area contributed by atoms with Gasteiger partial charge in [0.1, 0.15) is 5.82 Å². The van der Waals surface area contributed by atoms with Crippen molar-refractivity contribution in [1.82, 2.24) is 15.1 Å². The average molecular weight is 229 g/mol. The van der Waals surface area contributed by atoms with Gasteiger partial charge in [0.25, 0.3) is 0 Å². The molecule has 1 N–H and O–H groups in total. The molecule has 0 aliphatic rings. The molecule has 84 valence electrons. The highest BCUT2D eigenvalue weighted by atomic mass is 35.5. The molecule has 1 heterocycles. The molecule has 1 aromatic heterocycles. The van der Waals surface area contributed by atoms with Crippen LogP contribution < -0.4 is 5.32 Å². The van der Waals surface area contributed by atoms with Gasteiger partial charge in [0.15, 0.2) is 5.15 Å². The van der Waals surface area contributed by atoms with E-state index >= 15 is 0 Å². The topological polar surface area (TPSA) is 41.0 Å². The van der Waals surface area contributed by atoms with E-state index in [4.69, 9.17) is 11.6 Å². The van der Waals surface area contributed by atoms with Gasteiger partial charge in [0, 0.05) is 19.1 Å². The van der Waals surface area contributed by atoms with Crippen LogP contribution in [0.2, 0.25) is 5.15 Å². The minimum Gasteiger partial charge on any atom is -0.367 e. The molecule has 5 heteroatoms. The van der Waals surface area contributed by atoms with Crippen LogP contribution in [0.15, 0.2) is 12.1 Å². The number of anilines is 1. The molecule has 0 saturated heterocycles. The van der Waals surface area contributed by atoms with Crippen LogP contribution in [-0.4, -0.2) is 41.3 Å². The third-order valence-corrected chi connectivity index (χ3v) is 2.49. The summed E-state index contributed by atoms with van der Waals surface area (Å²) in [5.41, 5.74) is 0. The van der Waals surface area contributed by atoms with Gasteiger partial charge < -0.3 is 10.2 Å². The number of hydrogen-bond donors (Lipinski definition) is 1. The van der Waals surface area contributed by atoms with Crippen molar-refractivity contribution in [2.75, 3.05) is 25.5 Å². The maximum absolute atomic E-state index is 5.63. The van der Waals surface area contributed by atoms with Gasteiger partial charge in [-0.15, -0.1) is 10.2 Å². The number of nitrogens with one attached hydrogen (secondary N) is 1. The molecule has 0 unspecified atom stereocenters. The van der Waals surface area contributed by atoms with Crippen molar-refractivity contribution in [3.05, 3.63) is 17.3 Å². The highest BCUT2D eigenvalue weighted by Gasteiger charge is 2.02. The fourth-order valence-electron chi connectivity index (χ4n) is 1.03. The summed E-state index contributed by atoms with van der Waals surface area (Å²) in [5, 5.41) is 11.3. The van der Waals surface area contributed by atoms with Crippen LogP contribution in [-0.2, 0) is 0 Å². The molecule has 0 aliphatic heterocycles. The Labute approximate surface area is 95.6 Å². The lowest BCUT2D eigenvalue weighted by Gasteiger charge is -2.20. The van der Waals surface area contributed by atoms with Crippen molar-refractivity contribution in [3.8, 4) is 0 Å². The lowest BCUT2D eigenvalue weighted by molar-refractivity contribution is 0.284. The van der Waals surface area contributed by atoms with Crippen molar-refractivity contribution < 1.29 is 0 Å². The minimum atomic E-state index is 0.417. The SMILES string of the molecule is CC(C)N(C)CCNc1ccc(Cl)nn1. The largest absolute Gasteiger partial charge is 0.367 e. The Bertz CT molecular complexity index is 286. The van der Waals surface area contributed by atoms with Gasteiger partial charge >= 0.3 is 0 Å². The highest BCUT2D eigenvalue weighted by Crippen LogP contribution is 2.05. The number of hydrogen-bond acceptors (Lipinski definition) is 4. The maximum Gasteiger partial charge on any atom is 0.151 e. The van der Waals surface area contributed by atoms with Crippen molar-refractivity contribution in [1.29, 1.82) is 0 Å². The monoisotopic (exact) mass is 228 g/mol. The maximum atomic E-state index is 5.63. The average Bonchev–Trinajstić information content (AvgIpc) is 2.20. The Kier molecular flexibility index (Phi) is 4.78. The third-order valence-electron chi connectivity index (χ3n) is 2.28. The first-order valence-electron chi connectivity index (χ1n) is 5.03. The number of halogens is 1. The van der Waals surface area contributed by atoms with Gasteiger partial charge in [0.05, 0.1) is 0 Å². The molecule has 0 aliphatic carbocycles. The molecule has 0 radical (unpaired) electrons. The molecule has 0 saturated carbocycles. The lowest BCUT2D eigenvalue weighted by atomic mass is 10.3. The Balaban J connectivity index is 2.29. The zero-order chi connectivity index (χ0) is 11.3. The van der Waals surface area contributed by atoms with Crippen molar-refractivity contribution in [3.63, 3.8) is 0 Å². The van der Waals surface area contributed by atoms with E-state index in [0.29, 0.717) is 11.2 Å². The molecule has 0 atom stereocenters. The van der Waals surface area contributed by atoms with Gasteiger partial charge in [-0.3, -0.25) is 0 Å². The van der Waals surface area contributed by atoms with E-state index in [1.807, 2.05) is 6.07 Å². The van der Waals surface area contributed by atoms with Gasteiger partial charge in [0.2, 0.25) is 0 Å². The number of likely N-dealkylation sites (N-methyl/N-ethyl adjacent to an activating group) is 1. The van der Waals surface area contributed by atoms with E-state index in [-0.39, 0.29) is 0 Å². The second-order valence-corrected chi connectivity index (χ2v) is 4.13. The van der Waals surface area contributed by atoms with Crippen molar-refractivity contribution in [2.24, 2.45) is 0 Å². The molecule has 1 rings (SSSR count). The molecular formula is C10H17ClN4. The summed E-state index contributed by atoms with van der Waals surface area (Å²) < 4.78 is 0. The molecule has 0 bridgehead atoms. The fraction of sp³-hybridized carbons (Fsp3) is 0.600. The summed E-state index contributed by atoms with van der Waals surface area (Å²) >= 11 is 5.63. The molecule has 4 nitrogen and oxygen atoms in total. The van der Waals surface area contributed by atoms with E-state index < -0.39 is 0 Å². The van der Waals surface area contributed by atoms with Gasteiger partial charge in [-0.05, 0) is 33.0 Å². The Hall–Kier alpha value is -0.870. The van der Waals surface area contributed by atoms with Crippen LogP contribution in [0.4, 0.5) is 5.82 Å². The van der Waals surface area contributed by atoms with Crippen molar-refractivity contribution in [2.45, 2.75) is 19.9 Å². The summed E-state index contributed by atoms with van der Waals surface area (Å²) in [7, 11) is 2.10. The van der Waals surface area contributed by atoms with E-state index in [1.54, 1.807) is 6.07 Å². The standard InChI is InChI=1S/C10H17ClN4/c1-8(2)15(3)7-6-12-10-5-4-9(11)13-14-10/h4-5,8H,6-7H2,1-3H3,(H,12,14). The van der Waals surface area contributed by atoms with Crippen LogP contribution in [0.1, 0.15) is 13.8 Å².